The van der Waals surface area contributed by atoms with Gasteiger partial charge in [-0.1, -0.05) is 6.92 Å². The molecule has 0 spiro atoms. The van der Waals surface area contributed by atoms with Crippen molar-refractivity contribution in [1.82, 2.24) is 0 Å². The third-order valence-corrected chi connectivity index (χ3v) is 1.89. The highest BCUT2D eigenvalue weighted by atomic mass is 19.2. The fourth-order valence-corrected chi connectivity index (χ4v) is 0.868. The number of halogens is 4. The van der Waals surface area contributed by atoms with Gasteiger partial charge < -0.3 is 4.74 Å². The Bertz CT molecular complexity index is 365. The van der Waals surface area contributed by atoms with E-state index in [1.165, 1.54) is 0 Å². The molecule has 1 aromatic rings. The maximum absolute atomic E-state index is 13.0. The molecule has 83 valence electrons. The van der Waals surface area contributed by atoms with Crippen LogP contribution in [0.1, 0.15) is 20.3 Å². The Morgan fingerprint density at radius 2 is 1.73 bits per heavy atom. The Labute approximate surface area is 84.7 Å². The highest BCUT2D eigenvalue weighted by Crippen LogP contribution is 2.25. The van der Waals surface area contributed by atoms with Crippen molar-refractivity contribution in [2.75, 3.05) is 0 Å². The van der Waals surface area contributed by atoms with Crippen molar-refractivity contribution in [3.63, 3.8) is 0 Å². The normalized spacial score (nSPS) is 12.7. The van der Waals surface area contributed by atoms with E-state index < -0.39 is 35.1 Å². The van der Waals surface area contributed by atoms with Gasteiger partial charge in [0.15, 0.2) is 17.4 Å². The summed E-state index contributed by atoms with van der Waals surface area (Å²) in [4.78, 5) is 0. The number of hydrogen-bond donors (Lipinski definition) is 0. The van der Waals surface area contributed by atoms with Crippen molar-refractivity contribution in [2.24, 2.45) is 0 Å². The molecule has 0 saturated carbocycles. The van der Waals surface area contributed by atoms with Gasteiger partial charge in [0.2, 0.25) is 11.6 Å². The van der Waals surface area contributed by atoms with Crippen molar-refractivity contribution >= 4 is 0 Å². The Balaban J connectivity index is 3.09. The van der Waals surface area contributed by atoms with E-state index in [0.717, 1.165) is 0 Å². The average Bonchev–Trinajstić information content (AvgIpc) is 2.22. The van der Waals surface area contributed by atoms with Crippen LogP contribution in [0.4, 0.5) is 17.6 Å². The van der Waals surface area contributed by atoms with Crippen LogP contribution >= 0.6 is 0 Å². The topological polar surface area (TPSA) is 9.23 Å². The summed E-state index contributed by atoms with van der Waals surface area (Å²) in [6.07, 6.45) is 0.0912. The van der Waals surface area contributed by atoms with Gasteiger partial charge in [0.05, 0.1) is 12.2 Å². The third-order valence-electron chi connectivity index (χ3n) is 1.89. The Morgan fingerprint density at radius 3 is 2.27 bits per heavy atom. The largest absolute Gasteiger partial charge is 0.487 e. The molecule has 0 bridgehead atoms. The standard InChI is InChI=1S/C10H9F4O/c1-3-5(2)15-7-4-6(11)8(12)10(14)9(7)13/h5H,3H2,1-2H3. The van der Waals surface area contributed by atoms with Gasteiger partial charge in [0.1, 0.15) is 0 Å². The predicted molar refractivity (Wildman–Crippen MR) is 45.5 cm³/mol. The quantitative estimate of drug-likeness (QED) is 0.432. The molecule has 0 amide bonds. The molecule has 1 unspecified atom stereocenters. The molecule has 0 heterocycles. The summed E-state index contributed by atoms with van der Waals surface area (Å²) in [5.74, 6) is -7.66. The van der Waals surface area contributed by atoms with Crippen molar-refractivity contribution in [3.8, 4) is 5.75 Å². The second-order valence-electron chi connectivity index (χ2n) is 3.05. The number of benzene rings is 1. The molecule has 0 aliphatic heterocycles. The van der Waals surface area contributed by atoms with E-state index in [1.54, 1.807) is 19.9 Å². The lowest BCUT2D eigenvalue weighted by Gasteiger charge is -2.13. The summed E-state index contributed by atoms with van der Waals surface area (Å²) < 4.78 is 55.7. The molecule has 0 aliphatic carbocycles. The molecular formula is C10H9F4O. The number of ether oxygens (including phenoxy) is 1. The molecule has 0 aromatic heterocycles. The molecule has 0 N–H and O–H groups in total. The molecule has 5 heteroatoms. The fraction of sp³-hybridized carbons (Fsp3) is 0.400. The van der Waals surface area contributed by atoms with Crippen LogP contribution in [0.3, 0.4) is 0 Å². The average molecular weight is 221 g/mol. The molecular weight excluding hydrogens is 212 g/mol. The number of hydrogen-bond acceptors (Lipinski definition) is 1. The SMILES string of the molecule is CCC(C)Oc1[c]c(F)c(F)c(F)c1F. The van der Waals surface area contributed by atoms with Gasteiger partial charge >= 0.3 is 0 Å². The summed E-state index contributed by atoms with van der Waals surface area (Å²) >= 11 is 0. The lowest BCUT2D eigenvalue weighted by atomic mass is 10.2. The summed E-state index contributed by atoms with van der Waals surface area (Å²) in [7, 11) is 0. The van der Waals surface area contributed by atoms with Crippen LogP contribution in [-0.2, 0) is 0 Å². The van der Waals surface area contributed by atoms with Gasteiger partial charge in [-0.25, -0.2) is 13.2 Å². The zero-order chi connectivity index (χ0) is 11.6. The van der Waals surface area contributed by atoms with Gasteiger partial charge in [0.25, 0.3) is 0 Å². The summed E-state index contributed by atoms with van der Waals surface area (Å²) in [5.41, 5.74) is 0. The Kier molecular flexibility index (Phi) is 3.55. The van der Waals surface area contributed by atoms with Crippen molar-refractivity contribution in [2.45, 2.75) is 26.4 Å². The van der Waals surface area contributed by atoms with E-state index in [2.05, 4.69) is 0 Å². The maximum atomic E-state index is 13.0. The summed E-state index contributed by atoms with van der Waals surface area (Å²) in [5, 5.41) is 0. The maximum Gasteiger partial charge on any atom is 0.204 e. The molecule has 1 aromatic carbocycles. The minimum Gasteiger partial charge on any atom is -0.487 e. The Morgan fingerprint density at radius 1 is 1.13 bits per heavy atom. The molecule has 1 atom stereocenters. The summed E-state index contributed by atoms with van der Waals surface area (Å²) in [6, 6.07) is 1.67. The molecule has 1 rings (SSSR count). The molecule has 1 nitrogen and oxygen atoms in total. The van der Waals surface area contributed by atoms with Gasteiger partial charge in [-0.2, -0.15) is 4.39 Å². The van der Waals surface area contributed by atoms with E-state index in [-0.39, 0.29) is 0 Å². The van der Waals surface area contributed by atoms with E-state index >= 15 is 0 Å². The van der Waals surface area contributed by atoms with E-state index in [1.807, 2.05) is 0 Å². The van der Waals surface area contributed by atoms with Crippen LogP contribution in [-0.4, -0.2) is 6.10 Å². The van der Waals surface area contributed by atoms with Gasteiger partial charge in [-0.3, -0.25) is 0 Å². The first kappa shape index (κ1) is 11.8. The molecule has 0 aliphatic rings. The zero-order valence-corrected chi connectivity index (χ0v) is 8.20. The highest BCUT2D eigenvalue weighted by molar-refractivity contribution is 5.26. The minimum absolute atomic E-state index is 0.431. The van der Waals surface area contributed by atoms with Crippen LogP contribution in [0.2, 0.25) is 0 Å². The van der Waals surface area contributed by atoms with Gasteiger partial charge in [-0.05, 0) is 13.3 Å². The third kappa shape index (κ3) is 2.40. The van der Waals surface area contributed by atoms with Crippen LogP contribution in [0.5, 0.6) is 5.75 Å². The first-order valence-electron chi connectivity index (χ1n) is 4.39. The second-order valence-corrected chi connectivity index (χ2v) is 3.05. The second kappa shape index (κ2) is 4.51. The van der Waals surface area contributed by atoms with E-state index in [0.29, 0.717) is 6.42 Å². The lowest BCUT2D eigenvalue weighted by Crippen LogP contribution is -2.12. The monoisotopic (exact) mass is 221 g/mol. The molecule has 0 saturated heterocycles. The van der Waals surface area contributed by atoms with E-state index in [4.69, 9.17) is 4.74 Å². The van der Waals surface area contributed by atoms with Gasteiger partial charge in [-0.15, -0.1) is 0 Å². The van der Waals surface area contributed by atoms with Crippen LogP contribution in [0.15, 0.2) is 0 Å². The van der Waals surface area contributed by atoms with E-state index in [9.17, 15) is 17.6 Å². The summed E-state index contributed by atoms with van der Waals surface area (Å²) in [6.45, 7) is 3.34. The van der Waals surface area contributed by atoms with Crippen LogP contribution in [0, 0.1) is 29.3 Å². The molecule has 1 radical (unpaired) electrons. The Hall–Kier alpha value is -1.26. The van der Waals surface area contributed by atoms with Crippen molar-refractivity contribution in [1.29, 1.82) is 0 Å². The lowest BCUT2D eigenvalue weighted by molar-refractivity contribution is 0.201. The van der Waals surface area contributed by atoms with Crippen molar-refractivity contribution in [3.05, 3.63) is 29.3 Å². The first-order valence-corrected chi connectivity index (χ1v) is 4.39. The molecule has 15 heavy (non-hydrogen) atoms. The fourth-order valence-electron chi connectivity index (χ4n) is 0.868. The highest BCUT2D eigenvalue weighted by Gasteiger charge is 2.21. The predicted octanol–water partition coefficient (Wildman–Crippen LogP) is 3.22. The smallest absolute Gasteiger partial charge is 0.204 e. The van der Waals surface area contributed by atoms with Crippen LogP contribution < -0.4 is 4.74 Å². The molecule has 0 fully saturated rings. The van der Waals surface area contributed by atoms with Gasteiger partial charge in [0, 0.05) is 0 Å². The van der Waals surface area contributed by atoms with Crippen LogP contribution in [0.25, 0.3) is 0 Å². The number of rotatable bonds is 3. The zero-order valence-electron chi connectivity index (χ0n) is 8.20. The minimum atomic E-state index is -1.89. The first-order chi connectivity index (χ1) is 6.97. The van der Waals surface area contributed by atoms with Crippen molar-refractivity contribution < 1.29 is 22.3 Å².